The van der Waals surface area contributed by atoms with E-state index in [-0.39, 0.29) is 12.5 Å². The molecule has 4 N–H and O–H groups in total. The summed E-state index contributed by atoms with van der Waals surface area (Å²) in [5.74, 6) is 5.98. The number of nitrogens with two attached hydrogens (primary N) is 2. The molecule has 0 radical (unpaired) electrons. The lowest BCUT2D eigenvalue weighted by Crippen LogP contribution is -2.88. The smallest absolute Gasteiger partial charge is 0.336 e. The van der Waals surface area contributed by atoms with Crippen LogP contribution in [0.4, 0.5) is 5.69 Å². The van der Waals surface area contributed by atoms with Gasteiger partial charge >= 0.3 is 5.91 Å². The van der Waals surface area contributed by atoms with Crippen molar-refractivity contribution in [3.05, 3.63) is 53.9 Å². The monoisotopic (exact) mass is 301 g/mol. The van der Waals surface area contributed by atoms with Gasteiger partial charge in [0.05, 0.1) is 5.69 Å². The lowest BCUT2D eigenvalue weighted by atomic mass is 10.2. The molecule has 5 nitrogen and oxygen atoms in total. The van der Waals surface area contributed by atoms with Gasteiger partial charge in [0.1, 0.15) is 12.2 Å². The van der Waals surface area contributed by atoms with E-state index in [4.69, 9.17) is 5.84 Å². The van der Waals surface area contributed by atoms with Gasteiger partial charge in [-0.05, 0) is 37.1 Å². The molecule has 0 unspecified atom stereocenters. The van der Waals surface area contributed by atoms with Crippen molar-refractivity contribution in [3.63, 3.8) is 0 Å². The molecular formula is C17H25N4O+. The Kier molecular flexibility index (Phi) is 5.75. The Morgan fingerprint density at radius 3 is 2.59 bits per heavy atom. The Balaban J connectivity index is 1.92. The van der Waals surface area contributed by atoms with Crippen LogP contribution in [-0.2, 0) is 4.79 Å². The molecule has 0 saturated carbocycles. The number of amides is 1. The number of para-hydroxylation sites is 1. The minimum atomic E-state index is 0.0271. The van der Waals surface area contributed by atoms with E-state index in [1.807, 2.05) is 50.5 Å². The zero-order valence-corrected chi connectivity index (χ0v) is 13.3. The summed E-state index contributed by atoms with van der Waals surface area (Å²) in [7, 11) is 4.09. The molecule has 1 aliphatic carbocycles. The van der Waals surface area contributed by atoms with Gasteiger partial charge in [-0.3, -0.25) is 10.3 Å². The third kappa shape index (κ3) is 4.72. The maximum Gasteiger partial charge on any atom is 0.336 e. The van der Waals surface area contributed by atoms with Crippen LogP contribution in [0.25, 0.3) is 0 Å². The van der Waals surface area contributed by atoms with Gasteiger partial charge in [-0.2, -0.15) is 0 Å². The molecule has 0 spiro atoms. The quantitative estimate of drug-likeness (QED) is 0.628. The van der Waals surface area contributed by atoms with Crippen molar-refractivity contribution < 1.29 is 10.1 Å². The predicted octanol–water partition coefficient (Wildman–Crippen LogP) is 0.970. The fourth-order valence-corrected chi connectivity index (χ4v) is 2.47. The van der Waals surface area contributed by atoms with Crippen LogP contribution in [0, 0.1) is 0 Å². The average molecular weight is 301 g/mol. The summed E-state index contributed by atoms with van der Waals surface area (Å²) >= 11 is 0. The lowest BCUT2D eigenvalue weighted by molar-refractivity contribution is -0.520. The zero-order chi connectivity index (χ0) is 15.9. The van der Waals surface area contributed by atoms with Crippen LogP contribution in [0.2, 0.25) is 0 Å². The largest absolute Gasteiger partial charge is 0.381 e. The van der Waals surface area contributed by atoms with Crippen LogP contribution in [0.1, 0.15) is 19.3 Å². The zero-order valence-electron chi connectivity index (χ0n) is 13.3. The molecule has 22 heavy (non-hydrogen) atoms. The molecule has 0 bridgehead atoms. The van der Waals surface area contributed by atoms with Crippen molar-refractivity contribution in [2.45, 2.75) is 19.3 Å². The fourth-order valence-electron chi connectivity index (χ4n) is 2.47. The molecule has 1 aliphatic rings. The first kappa shape index (κ1) is 16.3. The first-order valence-corrected chi connectivity index (χ1v) is 7.58. The summed E-state index contributed by atoms with van der Waals surface area (Å²) in [6.45, 7) is 0.186. The SMILES string of the molecule is CN(C)C1=CC=C([NH2+]C(=O)CN(N)c2ccccc2)CCC1. The molecule has 0 saturated heterocycles. The second-order valence-electron chi connectivity index (χ2n) is 5.72. The fraction of sp³-hybridized carbons (Fsp3) is 0.353. The number of anilines is 1. The minimum Gasteiger partial charge on any atom is -0.381 e. The predicted molar refractivity (Wildman–Crippen MR) is 88.6 cm³/mol. The van der Waals surface area contributed by atoms with Crippen molar-refractivity contribution in [2.24, 2.45) is 5.84 Å². The number of hydrazine groups is 1. The standard InChI is InChI=1S/C17H24N4O/c1-20(2)15-10-6-7-14(11-12-15)19-17(22)13-21(18)16-8-4-3-5-9-16/h3-5,8-9,11-12H,6-7,10,13,18H2,1-2H3,(H,19,22)/p+1. The molecule has 1 aromatic rings. The number of benzene rings is 1. The van der Waals surface area contributed by atoms with E-state index in [0.29, 0.717) is 0 Å². The number of primary amides is 1. The van der Waals surface area contributed by atoms with Gasteiger partial charge < -0.3 is 4.90 Å². The van der Waals surface area contributed by atoms with Crippen molar-refractivity contribution in [2.75, 3.05) is 25.6 Å². The second-order valence-corrected chi connectivity index (χ2v) is 5.72. The summed E-state index contributed by atoms with van der Waals surface area (Å²) < 4.78 is 0. The molecule has 0 heterocycles. The molecule has 1 aromatic carbocycles. The van der Waals surface area contributed by atoms with Crippen LogP contribution in [0.5, 0.6) is 0 Å². The molecular weight excluding hydrogens is 276 g/mol. The Labute approximate surface area is 132 Å². The Bertz CT molecular complexity index is 563. The number of allylic oxidation sites excluding steroid dienone is 4. The van der Waals surface area contributed by atoms with Gasteiger partial charge in [0, 0.05) is 26.2 Å². The van der Waals surface area contributed by atoms with E-state index >= 15 is 0 Å². The van der Waals surface area contributed by atoms with Gasteiger partial charge in [0.15, 0.2) is 0 Å². The highest BCUT2D eigenvalue weighted by Gasteiger charge is 2.16. The Morgan fingerprint density at radius 1 is 1.18 bits per heavy atom. The van der Waals surface area contributed by atoms with Crippen LogP contribution in [0.15, 0.2) is 53.9 Å². The second kappa shape index (κ2) is 7.77. The normalized spacial score (nSPS) is 14.7. The van der Waals surface area contributed by atoms with Crippen LogP contribution < -0.4 is 16.2 Å². The van der Waals surface area contributed by atoms with Gasteiger partial charge in [0.25, 0.3) is 0 Å². The summed E-state index contributed by atoms with van der Waals surface area (Å²) in [5, 5.41) is 3.20. The third-order valence-electron chi connectivity index (χ3n) is 3.72. The molecule has 0 aromatic heterocycles. The molecule has 0 fully saturated rings. The highest BCUT2D eigenvalue weighted by Crippen LogP contribution is 2.15. The summed E-state index contributed by atoms with van der Waals surface area (Å²) in [6.07, 6.45) is 7.18. The van der Waals surface area contributed by atoms with Gasteiger partial charge in [-0.15, -0.1) is 0 Å². The van der Waals surface area contributed by atoms with E-state index in [9.17, 15) is 4.79 Å². The third-order valence-corrected chi connectivity index (χ3v) is 3.72. The number of carbonyl (C=O) groups excluding carboxylic acids is 1. The summed E-state index contributed by atoms with van der Waals surface area (Å²) in [5.41, 5.74) is 3.21. The maximum absolute atomic E-state index is 12.2. The van der Waals surface area contributed by atoms with Gasteiger partial charge in [-0.1, -0.05) is 18.2 Å². The van der Waals surface area contributed by atoms with Crippen molar-refractivity contribution in [3.8, 4) is 0 Å². The van der Waals surface area contributed by atoms with E-state index in [2.05, 4.69) is 11.0 Å². The molecule has 0 aliphatic heterocycles. The molecule has 1 amide bonds. The topological polar surface area (TPSA) is 66.2 Å². The number of quaternary nitrogens is 1. The first-order chi connectivity index (χ1) is 10.6. The summed E-state index contributed by atoms with van der Waals surface area (Å²) in [4.78, 5) is 14.3. The molecule has 2 rings (SSSR count). The van der Waals surface area contributed by atoms with Gasteiger partial charge in [-0.25, -0.2) is 10.6 Å². The van der Waals surface area contributed by atoms with E-state index < -0.39 is 0 Å². The number of carbonyl (C=O) groups is 1. The van der Waals surface area contributed by atoms with Crippen LogP contribution in [0.3, 0.4) is 0 Å². The Morgan fingerprint density at radius 2 is 1.91 bits per heavy atom. The van der Waals surface area contributed by atoms with E-state index in [1.165, 1.54) is 10.7 Å². The number of hydrogen-bond donors (Lipinski definition) is 2. The van der Waals surface area contributed by atoms with Gasteiger partial charge in [0.2, 0.25) is 0 Å². The maximum atomic E-state index is 12.2. The minimum absolute atomic E-state index is 0.0271. The van der Waals surface area contributed by atoms with Crippen LogP contribution in [-0.4, -0.2) is 31.4 Å². The summed E-state index contributed by atoms with van der Waals surface area (Å²) in [6, 6.07) is 9.53. The molecule has 5 heteroatoms. The van der Waals surface area contributed by atoms with E-state index in [0.717, 1.165) is 30.6 Å². The molecule has 118 valence electrons. The van der Waals surface area contributed by atoms with Crippen molar-refractivity contribution in [1.82, 2.24) is 4.90 Å². The highest BCUT2D eigenvalue weighted by atomic mass is 16.2. The highest BCUT2D eigenvalue weighted by molar-refractivity contribution is 5.72. The first-order valence-electron chi connectivity index (χ1n) is 7.58. The Hall–Kier alpha value is -2.11. The van der Waals surface area contributed by atoms with Crippen molar-refractivity contribution in [1.29, 1.82) is 0 Å². The van der Waals surface area contributed by atoms with Crippen LogP contribution >= 0.6 is 0 Å². The molecule has 0 atom stereocenters. The number of hydrogen-bond acceptors (Lipinski definition) is 4. The lowest BCUT2D eigenvalue weighted by Gasteiger charge is -2.16. The average Bonchev–Trinajstić information content (AvgIpc) is 2.73. The van der Waals surface area contributed by atoms with E-state index in [1.54, 1.807) is 5.32 Å². The number of rotatable bonds is 5. The number of nitrogens with zero attached hydrogens (tertiary/aromatic N) is 2. The van der Waals surface area contributed by atoms with Crippen molar-refractivity contribution >= 4 is 11.6 Å².